The number of hydrogen-bond acceptors (Lipinski definition) is 4. The predicted octanol–water partition coefficient (Wildman–Crippen LogP) is 4.47. The maximum absolute atomic E-state index is 12.9. The minimum atomic E-state index is -4.66. The van der Waals surface area contributed by atoms with Crippen LogP contribution in [0.1, 0.15) is 11.1 Å². The van der Waals surface area contributed by atoms with Gasteiger partial charge in [0.25, 0.3) is 0 Å². The van der Waals surface area contributed by atoms with E-state index in [1.54, 1.807) is 0 Å². The summed E-state index contributed by atoms with van der Waals surface area (Å²) in [6, 6.07) is 5.97. The summed E-state index contributed by atoms with van der Waals surface area (Å²) < 4.78 is 97.0. The summed E-state index contributed by atoms with van der Waals surface area (Å²) in [5, 5.41) is 0. The van der Waals surface area contributed by atoms with Crippen molar-refractivity contribution in [2.24, 2.45) is 0 Å². The highest BCUT2D eigenvalue weighted by Gasteiger charge is 2.35. The second-order valence-electron chi connectivity index (χ2n) is 5.13. The lowest BCUT2D eigenvalue weighted by atomic mass is 10.1. The predicted molar refractivity (Wildman–Crippen MR) is 84.4 cm³/mol. The Kier molecular flexibility index (Phi) is 6.02. The van der Waals surface area contributed by atoms with E-state index in [0.29, 0.717) is 12.1 Å². The maximum atomic E-state index is 12.9. The van der Waals surface area contributed by atoms with Crippen LogP contribution in [0.25, 0.3) is 0 Å². The highest BCUT2D eigenvalue weighted by atomic mass is 19.4. The first-order valence-electron chi connectivity index (χ1n) is 7.32. The fraction of sp³-hybridized carbons (Fsp3) is 0.250. The summed E-state index contributed by atoms with van der Waals surface area (Å²) in [5.41, 5.74) is -2.10. The third-order valence-electron chi connectivity index (χ3n) is 3.40. The molecule has 0 saturated carbocycles. The van der Waals surface area contributed by atoms with Gasteiger partial charge < -0.3 is 18.8 Å². The molecule has 146 valence electrons. The van der Waals surface area contributed by atoms with Gasteiger partial charge in [0.05, 0.1) is 14.2 Å². The molecule has 0 amide bonds. The molecule has 2 aromatic rings. The van der Waals surface area contributed by atoms with Crippen molar-refractivity contribution in [2.45, 2.75) is 12.4 Å². The Morgan fingerprint density at radius 1 is 0.667 bits per heavy atom. The van der Waals surface area contributed by atoms with Crippen molar-refractivity contribution in [3.63, 3.8) is 0 Å². The van der Waals surface area contributed by atoms with Crippen molar-refractivity contribution in [3.05, 3.63) is 47.5 Å². The number of hydrogen-bond donors (Lipinski definition) is 0. The van der Waals surface area contributed by atoms with Crippen LogP contribution in [0.15, 0.2) is 36.4 Å². The Morgan fingerprint density at radius 2 is 1.04 bits per heavy atom. The largest absolute Gasteiger partial charge is 0.576 e. The fourth-order valence-corrected chi connectivity index (χ4v) is 2.16. The Labute approximate surface area is 150 Å². The average molecular weight is 394 g/mol. The summed E-state index contributed by atoms with van der Waals surface area (Å²) >= 11 is 0. The Hall–Kier alpha value is -2.72. The molecule has 0 unspecified atom stereocenters. The first kappa shape index (κ1) is 20.6. The molecular weight excluding hydrogens is 381 g/mol. The van der Waals surface area contributed by atoms with Crippen LogP contribution < -0.4 is 18.8 Å². The van der Waals surface area contributed by atoms with E-state index in [1.165, 1.54) is 12.1 Å². The van der Waals surface area contributed by atoms with E-state index in [1.807, 2.05) is 0 Å². The van der Waals surface area contributed by atoms with Gasteiger partial charge in [-0.25, -0.2) is 0 Å². The lowest BCUT2D eigenvalue weighted by Gasteiger charge is -2.15. The van der Waals surface area contributed by atoms with Gasteiger partial charge in [0.1, 0.15) is 34.1 Å². The minimum absolute atomic E-state index is 0.187. The van der Waals surface area contributed by atoms with Crippen LogP contribution in [0.4, 0.5) is 26.3 Å². The molecule has 0 spiro atoms. The Bertz CT molecular complexity index is 726. The van der Waals surface area contributed by atoms with Crippen LogP contribution in [0.2, 0.25) is 0 Å². The number of rotatable bonds is 6. The van der Waals surface area contributed by atoms with E-state index in [9.17, 15) is 26.3 Å². The molecular formula is C16H13BF6O4. The molecule has 0 fully saturated rings. The monoisotopic (exact) mass is 394 g/mol. The fourth-order valence-electron chi connectivity index (χ4n) is 2.16. The molecule has 0 radical (unpaired) electrons. The highest BCUT2D eigenvalue weighted by molar-refractivity contribution is 6.20. The third kappa shape index (κ3) is 5.14. The van der Waals surface area contributed by atoms with Crippen LogP contribution in [-0.2, 0) is 12.4 Å². The molecule has 0 atom stereocenters. The molecule has 0 aromatic heterocycles. The van der Waals surface area contributed by atoms with Crippen LogP contribution in [-0.4, -0.2) is 21.9 Å². The number of methoxy groups -OCH3 is 2. The summed E-state index contributed by atoms with van der Waals surface area (Å²) in [5.74, 6) is -1.15. The SMILES string of the molecule is COc1ccc(OBOc2ccc(OC)c(C(F)(F)F)c2)cc1C(F)(F)F. The standard InChI is InChI=1S/C16H13BF6O4/c1-24-13-5-3-9(7-11(13)15(18,19)20)26-17-27-10-4-6-14(25-2)12(8-10)16(21,22)23/h3-8,17H,1-2H3. The van der Waals surface area contributed by atoms with Gasteiger partial charge in [-0.2, -0.15) is 26.3 Å². The second kappa shape index (κ2) is 7.89. The molecule has 0 aliphatic carbocycles. The number of alkyl halides is 6. The molecule has 0 N–H and O–H groups in total. The number of benzene rings is 2. The van der Waals surface area contributed by atoms with Gasteiger partial charge in [-0.05, 0) is 36.4 Å². The molecule has 2 rings (SSSR count). The van der Waals surface area contributed by atoms with Crippen LogP contribution in [0.5, 0.6) is 23.0 Å². The Balaban J connectivity index is 2.11. The van der Waals surface area contributed by atoms with Gasteiger partial charge >= 0.3 is 20.0 Å². The topological polar surface area (TPSA) is 36.9 Å². The lowest BCUT2D eigenvalue weighted by molar-refractivity contribution is -0.139. The van der Waals surface area contributed by atoms with E-state index in [2.05, 4.69) is 9.47 Å². The summed E-state index contributed by atoms with van der Waals surface area (Å²) in [7, 11) is 1.58. The molecule has 0 bridgehead atoms. The van der Waals surface area contributed by atoms with Gasteiger partial charge in [0, 0.05) is 0 Å². The zero-order valence-electron chi connectivity index (χ0n) is 14.1. The summed E-state index contributed by atoms with van der Waals surface area (Å²) in [6.45, 7) is 0. The first-order chi connectivity index (χ1) is 12.6. The van der Waals surface area contributed by atoms with Crippen molar-refractivity contribution < 1.29 is 45.1 Å². The van der Waals surface area contributed by atoms with Crippen LogP contribution in [0, 0.1) is 0 Å². The summed E-state index contributed by atoms with van der Waals surface area (Å²) in [6.07, 6.45) is -9.33. The lowest BCUT2D eigenvalue weighted by Crippen LogP contribution is -2.14. The van der Waals surface area contributed by atoms with E-state index in [4.69, 9.17) is 9.31 Å². The van der Waals surface area contributed by atoms with Gasteiger partial charge in [0.2, 0.25) is 0 Å². The molecule has 0 aliphatic heterocycles. The minimum Gasteiger partial charge on any atom is -0.529 e. The molecule has 27 heavy (non-hydrogen) atoms. The zero-order valence-corrected chi connectivity index (χ0v) is 14.1. The highest BCUT2D eigenvalue weighted by Crippen LogP contribution is 2.39. The smallest absolute Gasteiger partial charge is 0.529 e. The van der Waals surface area contributed by atoms with Gasteiger partial charge in [0.15, 0.2) is 0 Å². The Morgan fingerprint density at radius 3 is 1.33 bits per heavy atom. The van der Waals surface area contributed by atoms with Gasteiger partial charge in [-0.1, -0.05) is 0 Å². The molecule has 0 heterocycles. The molecule has 11 heteroatoms. The van der Waals surface area contributed by atoms with Crippen molar-refractivity contribution >= 4 is 7.69 Å². The van der Waals surface area contributed by atoms with Crippen LogP contribution >= 0.6 is 0 Å². The normalized spacial score (nSPS) is 11.7. The zero-order chi connectivity index (χ0) is 20.2. The van der Waals surface area contributed by atoms with Crippen molar-refractivity contribution in [1.29, 1.82) is 0 Å². The van der Waals surface area contributed by atoms with E-state index in [0.717, 1.165) is 26.4 Å². The van der Waals surface area contributed by atoms with E-state index >= 15 is 0 Å². The summed E-state index contributed by atoms with van der Waals surface area (Å²) in [4.78, 5) is 0. The number of ether oxygens (including phenoxy) is 2. The molecule has 4 nitrogen and oxygen atoms in total. The van der Waals surface area contributed by atoms with E-state index < -0.39 is 31.2 Å². The molecule has 2 aromatic carbocycles. The van der Waals surface area contributed by atoms with Gasteiger partial charge in [-0.15, -0.1) is 0 Å². The van der Waals surface area contributed by atoms with Crippen LogP contribution in [0.3, 0.4) is 0 Å². The third-order valence-corrected chi connectivity index (χ3v) is 3.40. The molecule has 0 saturated heterocycles. The second-order valence-corrected chi connectivity index (χ2v) is 5.13. The molecule has 0 aliphatic rings. The first-order valence-corrected chi connectivity index (χ1v) is 7.32. The maximum Gasteiger partial charge on any atom is 0.576 e. The van der Waals surface area contributed by atoms with E-state index in [-0.39, 0.29) is 23.0 Å². The van der Waals surface area contributed by atoms with Crippen molar-refractivity contribution in [3.8, 4) is 23.0 Å². The van der Waals surface area contributed by atoms with Gasteiger partial charge in [-0.3, -0.25) is 0 Å². The van der Waals surface area contributed by atoms with Crippen molar-refractivity contribution in [1.82, 2.24) is 0 Å². The quantitative estimate of drug-likeness (QED) is 0.536. The number of halogens is 6. The average Bonchev–Trinajstić information content (AvgIpc) is 2.60. The van der Waals surface area contributed by atoms with Crippen molar-refractivity contribution in [2.75, 3.05) is 14.2 Å².